The fourth-order valence-corrected chi connectivity index (χ4v) is 2.34. The van der Waals surface area contributed by atoms with Gasteiger partial charge in [-0.2, -0.15) is 0 Å². The molecule has 2 aromatic carbocycles. The van der Waals surface area contributed by atoms with Gasteiger partial charge in [0.05, 0.1) is 12.6 Å². The highest BCUT2D eigenvalue weighted by atomic mass is 16.3. The highest BCUT2D eigenvalue weighted by molar-refractivity contribution is 5.68. The zero-order valence-corrected chi connectivity index (χ0v) is 12.1. The van der Waals surface area contributed by atoms with E-state index in [1.165, 1.54) is 11.1 Å². The van der Waals surface area contributed by atoms with Crippen molar-refractivity contribution in [2.24, 2.45) is 5.73 Å². The second-order valence-corrected chi connectivity index (χ2v) is 5.07. The van der Waals surface area contributed by atoms with Gasteiger partial charge in [0.2, 0.25) is 0 Å². The fraction of sp³-hybridized carbons (Fsp3) is 0.294. The van der Waals surface area contributed by atoms with Gasteiger partial charge in [-0.1, -0.05) is 36.4 Å². The van der Waals surface area contributed by atoms with Crippen molar-refractivity contribution in [1.29, 1.82) is 0 Å². The van der Waals surface area contributed by atoms with E-state index in [4.69, 9.17) is 5.73 Å². The summed E-state index contributed by atoms with van der Waals surface area (Å²) in [6.45, 7) is 4.91. The summed E-state index contributed by atoms with van der Waals surface area (Å²) in [7, 11) is 0. The van der Waals surface area contributed by atoms with Crippen LogP contribution in [0.25, 0.3) is 0 Å². The maximum atomic E-state index is 9.97. The van der Waals surface area contributed by atoms with Gasteiger partial charge in [0.15, 0.2) is 0 Å². The first-order valence-corrected chi connectivity index (χ1v) is 6.90. The molecule has 0 aromatic heterocycles. The zero-order valence-electron chi connectivity index (χ0n) is 12.1. The van der Waals surface area contributed by atoms with Crippen molar-refractivity contribution in [3.8, 4) is 0 Å². The molecule has 3 heteroatoms. The topological polar surface area (TPSA) is 49.5 Å². The van der Waals surface area contributed by atoms with Crippen molar-refractivity contribution in [2.75, 3.05) is 18.0 Å². The van der Waals surface area contributed by atoms with E-state index in [2.05, 4.69) is 43.0 Å². The van der Waals surface area contributed by atoms with E-state index in [0.29, 0.717) is 6.54 Å². The Kier molecular flexibility index (Phi) is 4.77. The number of aliphatic hydroxyl groups is 1. The molecule has 20 heavy (non-hydrogen) atoms. The third kappa shape index (κ3) is 3.18. The van der Waals surface area contributed by atoms with E-state index in [9.17, 15) is 5.11 Å². The van der Waals surface area contributed by atoms with Crippen molar-refractivity contribution >= 4 is 11.4 Å². The number of hydrogen-bond donors (Lipinski definition) is 2. The smallest absolute Gasteiger partial charge is 0.0841 e. The molecular formula is C17H22N2O. The Hall–Kier alpha value is -1.84. The summed E-state index contributed by atoms with van der Waals surface area (Å²) >= 11 is 0. The van der Waals surface area contributed by atoms with Crippen LogP contribution < -0.4 is 10.6 Å². The van der Waals surface area contributed by atoms with Crippen LogP contribution in [0.4, 0.5) is 11.4 Å². The number of para-hydroxylation sites is 2. The zero-order chi connectivity index (χ0) is 14.5. The third-order valence-corrected chi connectivity index (χ3v) is 3.48. The lowest BCUT2D eigenvalue weighted by atomic mass is 10.1. The molecular weight excluding hydrogens is 248 g/mol. The lowest BCUT2D eigenvalue weighted by Gasteiger charge is -2.29. The van der Waals surface area contributed by atoms with E-state index >= 15 is 0 Å². The predicted molar refractivity (Wildman–Crippen MR) is 84.4 cm³/mol. The Labute approximate surface area is 120 Å². The molecule has 3 nitrogen and oxygen atoms in total. The third-order valence-electron chi connectivity index (χ3n) is 3.48. The van der Waals surface area contributed by atoms with Crippen molar-refractivity contribution in [1.82, 2.24) is 0 Å². The number of benzene rings is 2. The van der Waals surface area contributed by atoms with Crippen LogP contribution >= 0.6 is 0 Å². The minimum atomic E-state index is -0.547. The summed E-state index contributed by atoms with van der Waals surface area (Å²) in [6, 6.07) is 16.4. The highest BCUT2D eigenvalue weighted by Crippen LogP contribution is 2.30. The van der Waals surface area contributed by atoms with Gasteiger partial charge in [-0.05, 0) is 37.1 Å². The number of nitrogens with zero attached hydrogens (tertiary/aromatic N) is 1. The van der Waals surface area contributed by atoms with Crippen LogP contribution in [0.3, 0.4) is 0 Å². The van der Waals surface area contributed by atoms with Gasteiger partial charge in [0.1, 0.15) is 0 Å². The van der Waals surface area contributed by atoms with E-state index in [0.717, 1.165) is 11.4 Å². The van der Waals surface area contributed by atoms with Crippen molar-refractivity contribution in [2.45, 2.75) is 20.0 Å². The predicted octanol–water partition coefficient (Wildman–Crippen LogP) is 2.76. The summed E-state index contributed by atoms with van der Waals surface area (Å²) in [6.07, 6.45) is -0.547. The number of aliphatic hydroxyl groups excluding tert-OH is 1. The molecule has 0 heterocycles. The number of nitrogens with two attached hydrogens (primary N) is 1. The second-order valence-electron chi connectivity index (χ2n) is 5.07. The quantitative estimate of drug-likeness (QED) is 0.878. The lowest BCUT2D eigenvalue weighted by Crippen LogP contribution is -2.34. The van der Waals surface area contributed by atoms with Gasteiger partial charge in [0, 0.05) is 17.9 Å². The number of anilines is 2. The molecule has 1 atom stereocenters. The van der Waals surface area contributed by atoms with Gasteiger partial charge in [-0.15, -0.1) is 0 Å². The van der Waals surface area contributed by atoms with Crippen LogP contribution in [0, 0.1) is 13.8 Å². The van der Waals surface area contributed by atoms with Gasteiger partial charge >= 0.3 is 0 Å². The second kappa shape index (κ2) is 6.55. The molecule has 2 rings (SSSR count). The molecule has 0 aliphatic rings. The SMILES string of the molecule is Cc1ccccc1N(CC(O)CN)c1ccccc1C. The van der Waals surface area contributed by atoms with Gasteiger partial charge in [0.25, 0.3) is 0 Å². The summed E-state index contributed by atoms with van der Waals surface area (Å²) in [5.41, 5.74) is 10.1. The van der Waals surface area contributed by atoms with Crippen molar-refractivity contribution < 1.29 is 5.11 Å². The lowest BCUT2D eigenvalue weighted by molar-refractivity contribution is 0.191. The Morgan fingerprint density at radius 1 is 0.950 bits per heavy atom. The fourth-order valence-electron chi connectivity index (χ4n) is 2.34. The summed E-state index contributed by atoms with van der Waals surface area (Å²) < 4.78 is 0. The van der Waals surface area contributed by atoms with Crippen LogP contribution in [-0.4, -0.2) is 24.3 Å². The van der Waals surface area contributed by atoms with Gasteiger partial charge in [-0.3, -0.25) is 0 Å². The molecule has 0 bridgehead atoms. The molecule has 2 aromatic rings. The number of aryl methyl sites for hydroxylation is 2. The van der Waals surface area contributed by atoms with Crippen LogP contribution in [0.15, 0.2) is 48.5 Å². The standard InChI is InChI=1S/C17H22N2O/c1-13-7-3-5-9-16(13)19(12-15(20)11-18)17-10-6-4-8-14(17)2/h3-10,15,20H,11-12,18H2,1-2H3. The molecule has 0 radical (unpaired) electrons. The number of rotatable bonds is 5. The molecule has 1 unspecified atom stereocenters. The normalized spacial score (nSPS) is 12.2. The molecule has 0 aliphatic heterocycles. The van der Waals surface area contributed by atoms with Crippen molar-refractivity contribution in [3.05, 3.63) is 59.7 Å². The Morgan fingerprint density at radius 3 is 1.80 bits per heavy atom. The minimum Gasteiger partial charge on any atom is -0.390 e. The van der Waals surface area contributed by atoms with Gasteiger partial charge in [-0.25, -0.2) is 0 Å². The van der Waals surface area contributed by atoms with Crippen LogP contribution in [0.2, 0.25) is 0 Å². The first-order chi connectivity index (χ1) is 9.63. The molecule has 3 N–H and O–H groups in total. The largest absolute Gasteiger partial charge is 0.390 e. The first kappa shape index (κ1) is 14.6. The van der Waals surface area contributed by atoms with Crippen LogP contribution in [-0.2, 0) is 0 Å². The molecule has 0 saturated heterocycles. The minimum absolute atomic E-state index is 0.258. The van der Waals surface area contributed by atoms with Crippen LogP contribution in [0.5, 0.6) is 0 Å². The maximum absolute atomic E-state index is 9.97. The summed E-state index contributed by atoms with van der Waals surface area (Å²) in [5, 5.41) is 9.97. The van der Waals surface area contributed by atoms with Crippen LogP contribution in [0.1, 0.15) is 11.1 Å². The highest BCUT2D eigenvalue weighted by Gasteiger charge is 2.16. The molecule has 0 fully saturated rings. The van der Waals surface area contributed by atoms with E-state index in [1.807, 2.05) is 24.3 Å². The van der Waals surface area contributed by atoms with E-state index < -0.39 is 6.10 Å². The Balaban J connectivity index is 2.45. The Morgan fingerprint density at radius 2 is 1.40 bits per heavy atom. The number of hydrogen-bond acceptors (Lipinski definition) is 3. The average Bonchev–Trinajstić information content (AvgIpc) is 2.46. The first-order valence-electron chi connectivity index (χ1n) is 6.90. The Bertz CT molecular complexity index is 523. The van der Waals surface area contributed by atoms with E-state index in [1.54, 1.807) is 0 Å². The summed E-state index contributed by atoms with van der Waals surface area (Å²) in [5.74, 6) is 0. The molecule has 0 saturated carbocycles. The molecule has 0 spiro atoms. The maximum Gasteiger partial charge on any atom is 0.0841 e. The van der Waals surface area contributed by atoms with E-state index in [-0.39, 0.29) is 6.54 Å². The average molecular weight is 270 g/mol. The van der Waals surface area contributed by atoms with Crippen molar-refractivity contribution in [3.63, 3.8) is 0 Å². The molecule has 0 aliphatic carbocycles. The molecule has 0 amide bonds. The monoisotopic (exact) mass is 270 g/mol. The van der Waals surface area contributed by atoms with Gasteiger partial charge < -0.3 is 15.7 Å². The summed E-state index contributed by atoms with van der Waals surface area (Å²) in [4.78, 5) is 2.14. The molecule has 106 valence electrons.